The Balaban J connectivity index is 1.84. The standard InChI is InChI=1S/C19H17FN2O2/c1-12(14-8-9-17(24-2)16(20)11-14)22-19(23)15-7-3-5-13-6-4-10-21-18(13)15/h3-12H,1-2H3,(H,22,23). The number of hydrogen-bond donors (Lipinski definition) is 1. The average Bonchev–Trinajstić information content (AvgIpc) is 2.61. The number of para-hydroxylation sites is 1. The highest BCUT2D eigenvalue weighted by Crippen LogP contribution is 2.22. The lowest BCUT2D eigenvalue weighted by Crippen LogP contribution is -2.27. The number of methoxy groups -OCH3 is 1. The van der Waals surface area contributed by atoms with Gasteiger partial charge in [0.2, 0.25) is 0 Å². The molecule has 0 bridgehead atoms. The van der Waals surface area contributed by atoms with Crippen molar-refractivity contribution in [1.29, 1.82) is 0 Å². The molecule has 3 aromatic rings. The number of amides is 1. The van der Waals surface area contributed by atoms with Crippen molar-refractivity contribution in [3.05, 3.63) is 71.7 Å². The van der Waals surface area contributed by atoms with Gasteiger partial charge in [-0.15, -0.1) is 0 Å². The Bertz CT molecular complexity index is 890. The van der Waals surface area contributed by atoms with Gasteiger partial charge in [-0.2, -0.15) is 0 Å². The third kappa shape index (κ3) is 3.06. The van der Waals surface area contributed by atoms with Crippen molar-refractivity contribution in [2.24, 2.45) is 0 Å². The number of hydrogen-bond acceptors (Lipinski definition) is 3. The number of pyridine rings is 1. The summed E-state index contributed by atoms with van der Waals surface area (Å²) < 4.78 is 18.7. The van der Waals surface area contributed by atoms with E-state index in [-0.39, 0.29) is 17.7 Å². The van der Waals surface area contributed by atoms with Crippen LogP contribution in [0.2, 0.25) is 0 Å². The molecule has 1 N–H and O–H groups in total. The Morgan fingerprint density at radius 1 is 1.21 bits per heavy atom. The molecule has 1 atom stereocenters. The number of carbonyl (C=O) groups excluding carboxylic acids is 1. The van der Waals surface area contributed by atoms with Crippen molar-refractivity contribution in [3.8, 4) is 5.75 Å². The van der Waals surface area contributed by atoms with Crippen molar-refractivity contribution < 1.29 is 13.9 Å². The molecule has 24 heavy (non-hydrogen) atoms. The van der Waals surface area contributed by atoms with Crippen LogP contribution in [0.5, 0.6) is 5.75 Å². The molecule has 4 nitrogen and oxygen atoms in total. The number of fused-ring (bicyclic) bond motifs is 1. The summed E-state index contributed by atoms with van der Waals surface area (Å²) in [7, 11) is 1.41. The minimum absolute atomic E-state index is 0.176. The van der Waals surface area contributed by atoms with E-state index in [0.717, 1.165) is 5.39 Å². The van der Waals surface area contributed by atoms with Gasteiger partial charge in [-0.05, 0) is 36.8 Å². The van der Waals surface area contributed by atoms with Gasteiger partial charge in [0.25, 0.3) is 5.91 Å². The largest absolute Gasteiger partial charge is 0.494 e. The molecule has 0 radical (unpaired) electrons. The highest BCUT2D eigenvalue weighted by molar-refractivity contribution is 6.05. The predicted octanol–water partition coefficient (Wildman–Crippen LogP) is 3.87. The molecule has 0 aliphatic carbocycles. The molecular formula is C19H17FN2O2. The average molecular weight is 324 g/mol. The Labute approximate surface area is 139 Å². The van der Waals surface area contributed by atoms with Gasteiger partial charge in [0, 0.05) is 11.6 Å². The molecule has 3 rings (SSSR count). The summed E-state index contributed by atoms with van der Waals surface area (Å²) in [5.41, 5.74) is 1.80. The topological polar surface area (TPSA) is 51.2 Å². The van der Waals surface area contributed by atoms with Crippen LogP contribution in [0.4, 0.5) is 4.39 Å². The molecule has 0 saturated carbocycles. The van der Waals surface area contributed by atoms with Gasteiger partial charge in [0.15, 0.2) is 11.6 Å². The fraction of sp³-hybridized carbons (Fsp3) is 0.158. The fourth-order valence-corrected chi connectivity index (χ4v) is 2.60. The Hall–Kier alpha value is -2.95. The lowest BCUT2D eigenvalue weighted by molar-refractivity contribution is 0.0941. The summed E-state index contributed by atoms with van der Waals surface area (Å²) in [5.74, 6) is -0.526. The molecule has 1 amide bonds. The molecule has 122 valence electrons. The minimum atomic E-state index is -0.456. The summed E-state index contributed by atoms with van der Waals surface area (Å²) in [6, 6.07) is 13.5. The van der Waals surface area contributed by atoms with Crippen LogP contribution in [0.3, 0.4) is 0 Å². The Morgan fingerprint density at radius 3 is 2.75 bits per heavy atom. The molecule has 0 saturated heterocycles. The first-order valence-electron chi connectivity index (χ1n) is 7.58. The zero-order valence-electron chi connectivity index (χ0n) is 13.4. The molecule has 2 aromatic carbocycles. The lowest BCUT2D eigenvalue weighted by atomic mass is 10.1. The van der Waals surface area contributed by atoms with Crippen LogP contribution < -0.4 is 10.1 Å². The molecule has 1 unspecified atom stereocenters. The monoisotopic (exact) mass is 324 g/mol. The second-order valence-electron chi connectivity index (χ2n) is 5.47. The van der Waals surface area contributed by atoms with Crippen LogP contribution in [-0.4, -0.2) is 18.0 Å². The number of nitrogens with zero attached hydrogens (tertiary/aromatic N) is 1. The van der Waals surface area contributed by atoms with Gasteiger partial charge in [-0.1, -0.05) is 24.3 Å². The molecular weight excluding hydrogens is 307 g/mol. The first-order chi connectivity index (χ1) is 11.6. The first kappa shape index (κ1) is 15.9. The van der Waals surface area contributed by atoms with Crippen LogP contribution in [-0.2, 0) is 0 Å². The zero-order valence-corrected chi connectivity index (χ0v) is 13.4. The number of ether oxygens (including phenoxy) is 1. The summed E-state index contributed by atoms with van der Waals surface area (Å²) in [4.78, 5) is 16.9. The van der Waals surface area contributed by atoms with Crippen LogP contribution >= 0.6 is 0 Å². The third-order valence-corrected chi connectivity index (χ3v) is 3.90. The fourth-order valence-electron chi connectivity index (χ4n) is 2.60. The predicted molar refractivity (Wildman–Crippen MR) is 90.6 cm³/mol. The van der Waals surface area contributed by atoms with Crippen molar-refractivity contribution in [1.82, 2.24) is 10.3 Å². The van der Waals surface area contributed by atoms with Gasteiger partial charge in [0.05, 0.1) is 24.2 Å². The normalized spacial score (nSPS) is 12.0. The van der Waals surface area contributed by atoms with E-state index in [2.05, 4.69) is 10.3 Å². The summed E-state index contributed by atoms with van der Waals surface area (Å²) in [5, 5.41) is 3.78. The maximum Gasteiger partial charge on any atom is 0.253 e. The lowest BCUT2D eigenvalue weighted by Gasteiger charge is -2.16. The second kappa shape index (κ2) is 6.66. The second-order valence-corrected chi connectivity index (χ2v) is 5.47. The SMILES string of the molecule is COc1ccc(C(C)NC(=O)c2cccc3cccnc23)cc1F. The molecule has 0 aliphatic rings. The van der Waals surface area contributed by atoms with Gasteiger partial charge < -0.3 is 10.1 Å². The number of benzene rings is 2. The number of aromatic nitrogens is 1. The highest BCUT2D eigenvalue weighted by atomic mass is 19.1. The quantitative estimate of drug-likeness (QED) is 0.792. The molecule has 1 aromatic heterocycles. The summed E-state index contributed by atoms with van der Waals surface area (Å²) >= 11 is 0. The maximum atomic E-state index is 13.8. The van der Waals surface area contributed by atoms with E-state index in [1.54, 1.807) is 31.3 Å². The first-order valence-corrected chi connectivity index (χ1v) is 7.58. The number of nitrogens with one attached hydrogen (secondary N) is 1. The Kier molecular flexibility index (Phi) is 4.42. The van der Waals surface area contributed by atoms with Crippen molar-refractivity contribution >= 4 is 16.8 Å². The molecule has 0 fully saturated rings. The molecule has 0 spiro atoms. The van der Waals surface area contributed by atoms with E-state index in [1.807, 2.05) is 24.3 Å². The van der Waals surface area contributed by atoms with E-state index in [1.165, 1.54) is 13.2 Å². The minimum Gasteiger partial charge on any atom is -0.494 e. The molecule has 5 heteroatoms. The molecule has 1 heterocycles. The number of rotatable bonds is 4. The van der Waals surface area contributed by atoms with Gasteiger partial charge in [0.1, 0.15) is 0 Å². The Morgan fingerprint density at radius 2 is 2.00 bits per heavy atom. The van der Waals surface area contributed by atoms with Crippen molar-refractivity contribution in [2.75, 3.05) is 7.11 Å². The molecule has 0 aliphatic heterocycles. The van der Waals surface area contributed by atoms with Crippen molar-refractivity contribution in [3.63, 3.8) is 0 Å². The number of halogens is 1. The highest BCUT2D eigenvalue weighted by Gasteiger charge is 2.15. The van der Waals surface area contributed by atoms with Gasteiger partial charge >= 0.3 is 0 Å². The number of carbonyl (C=O) groups is 1. The van der Waals surface area contributed by atoms with Crippen LogP contribution in [0.25, 0.3) is 10.9 Å². The van der Waals surface area contributed by atoms with Gasteiger partial charge in [-0.3, -0.25) is 9.78 Å². The van der Waals surface area contributed by atoms with Crippen LogP contribution in [0.1, 0.15) is 28.9 Å². The van der Waals surface area contributed by atoms with E-state index in [4.69, 9.17) is 4.74 Å². The zero-order chi connectivity index (χ0) is 17.1. The van der Waals surface area contributed by atoms with Crippen LogP contribution in [0.15, 0.2) is 54.7 Å². The van der Waals surface area contributed by atoms with E-state index in [0.29, 0.717) is 16.6 Å². The summed E-state index contributed by atoms with van der Waals surface area (Å²) in [6.45, 7) is 1.80. The van der Waals surface area contributed by atoms with E-state index in [9.17, 15) is 9.18 Å². The third-order valence-electron chi connectivity index (χ3n) is 3.90. The smallest absolute Gasteiger partial charge is 0.253 e. The van der Waals surface area contributed by atoms with E-state index < -0.39 is 5.82 Å². The van der Waals surface area contributed by atoms with Gasteiger partial charge in [-0.25, -0.2) is 4.39 Å². The summed E-state index contributed by atoms with van der Waals surface area (Å²) in [6.07, 6.45) is 1.65. The van der Waals surface area contributed by atoms with Crippen molar-refractivity contribution in [2.45, 2.75) is 13.0 Å². The van der Waals surface area contributed by atoms with Crippen LogP contribution in [0, 0.1) is 5.82 Å². The van der Waals surface area contributed by atoms with E-state index >= 15 is 0 Å². The maximum absolute atomic E-state index is 13.8.